The summed E-state index contributed by atoms with van der Waals surface area (Å²) < 4.78 is 5.11. The van der Waals surface area contributed by atoms with Crippen LogP contribution in [0.25, 0.3) is 0 Å². The predicted molar refractivity (Wildman–Crippen MR) is 61.6 cm³/mol. The highest BCUT2D eigenvalue weighted by atomic mass is 35.5. The van der Waals surface area contributed by atoms with Crippen molar-refractivity contribution in [2.75, 3.05) is 5.88 Å². The topological polar surface area (TPSA) is 26.3 Å². The molecule has 82 valence electrons. The Hall–Kier alpha value is -1.02. The molecule has 3 heteroatoms. The van der Waals surface area contributed by atoms with Crippen LogP contribution in [-0.2, 0) is 4.79 Å². The van der Waals surface area contributed by atoms with Crippen LogP contribution >= 0.6 is 11.6 Å². The first-order valence-electron chi connectivity index (χ1n) is 4.91. The van der Waals surface area contributed by atoms with E-state index in [0.29, 0.717) is 11.7 Å². The van der Waals surface area contributed by atoms with Crippen LogP contribution in [0.15, 0.2) is 18.2 Å². The zero-order chi connectivity index (χ0) is 11.4. The van der Waals surface area contributed by atoms with Crippen molar-refractivity contribution in [3.8, 4) is 5.75 Å². The zero-order valence-electron chi connectivity index (χ0n) is 9.21. The minimum Gasteiger partial charge on any atom is -0.425 e. The minimum absolute atomic E-state index is 0.120. The van der Waals surface area contributed by atoms with Gasteiger partial charge in [0.25, 0.3) is 0 Å². The molecule has 1 aromatic rings. The third-order valence-corrected chi connectivity index (χ3v) is 2.43. The summed E-state index contributed by atoms with van der Waals surface area (Å²) in [5.74, 6) is 0.484. The van der Waals surface area contributed by atoms with E-state index in [2.05, 4.69) is 13.8 Å². The second kappa shape index (κ2) is 5.17. The molecule has 0 N–H and O–H groups in total. The van der Waals surface area contributed by atoms with E-state index in [1.807, 2.05) is 25.1 Å². The standard InChI is InChI=1S/C12H15ClO2/c1-8(2)10-5-4-9(3)11(6-10)15-12(14)7-13/h4-6,8H,7H2,1-3H3. The molecule has 0 radical (unpaired) electrons. The normalized spacial score (nSPS) is 10.5. The predicted octanol–water partition coefficient (Wildman–Crippen LogP) is 3.26. The van der Waals surface area contributed by atoms with E-state index in [1.165, 1.54) is 0 Å². The van der Waals surface area contributed by atoms with Crippen molar-refractivity contribution in [2.45, 2.75) is 26.7 Å². The molecule has 15 heavy (non-hydrogen) atoms. The van der Waals surface area contributed by atoms with Crippen molar-refractivity contribution < 1.29 is 9.53 Å². The molecule has 0 bridgehead atoms. The molecule has 1 aromatic carbocycles. The van der Waals surface area contributed by atoms with Gasteiger partial charge >= 0.3 is 5.97 Å². The second-order valence-electron chi connectivity index (χ2n) is 3.79. The fraction of sp³-hybridized carbons (Fsp3) is 0.417. The fourth-order valence-corrected chi connectivity index (χ4v) is 1.29. The summed E-state index contributed by atoms with van der Waals surface area (Å²) in [7, 11) is 0. The Balaban J connectivity index is 2.95. The largest absolute Gasteiger partial charge is 0.425 e. The second-order valence-corrected chi connectivity index (χ2v) is 4.05. The molecule has 0 aliphatic rings. The summed E-state index contributed by atoms with van der Waals surface area (Å²) in [5, 5.41) is 0. The molecule has 0 atom stereocenters. The van der Waals surface area contributed by atoms with Crippen molar-refractivity contribution in [3.05, 3.63) is 29.3 Å². The number of hydrogen-bond acceptors (Lipinski definition) is 2. The maximum absolute atomic E-state index is 11.1. The van der Waals surface area contributed by atoms with Gasteiger partial charge in [0.2, 0.25) is 0 Å². The zero-order valence-corrected chi connectivity index (χ0v) is 9.97. The molecule has 1 rings (SSSR count). The summed E-state index contributed by atoms with van der Waals surface area (Å²) in [6.45, 7) is 6.09. The van der Waals surface area contributed by atoms with Gasteiger partial charge in [0.1, 0.15) is 11.6 Å². The molecule has 0 unspecified atom stereocenters. The third kappa shape index (κ3) is 3.24. The quantitative estimate of drug-likeness (QED) is 0.449. The molecule has 2 nitrogen and oxygen atoms in total. The summed E-state index contributed by atoms with van der Waals surface area (Å²) in [4.78, 5) is 11.1. The van der Waals surface area contributed by atoms with Gasteiger partial charge in [-0.05, 0) is 30.0 Å². The number of hydrogen-bond donors (Lipinski definition) is 0. The number of rotatable bonds is 3. The number of carbonyl (C=O) groups is 1. The number of benzene rings is 1. The summed E-state index contributed by atoms with van der Waals surface area (Å²) in [5.41, 5.74) is 2.09. The van der Waals surface area contributed by atoms with E-state index >= 15 is 0 Å². The van der Waals surface area contributed by atoms with Gasteiger partial charge in [0.15, 0.2) is 0 Å². The third-order valence-electron chi connectivity index (χ3n) is 2.21. The summed E-state index contributed by atoms with van der Waals surface area (Å²) in [6.07, 6.45) is 0. The molecule has 0 fully saturated rings. The average molecular weight is 227 g/mol. The lowest BCUT2D eigenvalue weighted by Gasteiger charge is -2.10. The lowest BCUT2D eigenvalue weighted by atomic mass is 10.0. The highest BCUT2D eigenvalue weighted by Crippen LogP contribution is 2.24. The highest BCUT2D eigenvalue weighted by molar-refractivity contribution is 6.26. The summed E-state index contributed by atoms with van der Waals surface area (Å²) in [6, 6.07) is 5.88. The van der Waals surface area contributed by atoms with E-state index < -0.39 is 5.97 Å². The molecule has 0 amide bonds. The molecule has 0 aliphatic heterocycles. The van der Waals surface area contributed by atoms with Gasteiger partial charge in [-0.3, -0.25) is 4.79 Å². The van der Waals surface area contributed by atoms with Gasteiger partial charge < -0.3 is 4.74 Å². The van der Waals surface area contributed by atoms with E-state index in [1.54, 1.807) is 0 Å². The van der Waals surface area contributed by atoms with Gasteiger partial charge in [0, 0.05) is 0 Å². The van der Waals surface area contributed by atoms with Crippen molar-refractivity contribution >= 4 is 17.6 Å². The molecule has 0 heterocycles. The van der Waals surface area contributed by atoms with Gasteiger partial charge in [-0.25, -0.2) is 0 Å². The van der Waals surface area contributed by atoms with Crippen LogP contribution in [0.1, 0.15) is 30.9 Å². The Morgan fingerprint density at radius 2 is 2.13 bits per heavy atom. The van der Waals surface area contributed by atoms with Crippen molar-refractivity contribution in [2.24, 2.45) is 0 Å². The van der Waals surface area contributed by atoms with Crippen LogP contribution in [-0.4, -0.2) is 11.8 Å². The first kappa shape index (κ1) is 12.1. The van der Waals surface area contributed by atoms with Crippen LogP contribution in [0.3, 0.4) is 0 Å². The smallest absolute Gasteiger partial charge is 0.326 e. The number of ether oxygens (including phenoxy) is 1. The van der Waals surface area contributed by atoms with Gasteiger partial charge in [-0.2, -0.15) is 0 Å². The number of halogens is 1. The number of esters is 1. The Bertz CT molecular complexity index is 359. The number of alkyl halides is 1. The van der Waals surface area contributed by atoms with Gasteiger partial charge in [0.05, 0.1) is 0 Å². The van der Waals surface area contributed by atoms with Crippen molar-refractivity contribution in [3.63, 3.8) is 0 Å². The first-order chi connectivity index (χ1) is 7.04. The highest BCUT2D eigenvalue weighted by Gasteiger charge is 2.08. The Kier molecular flexibility index (Phi) is 4.15. The monoisotopic (exact) mass is 226 g/mol. The SMILES string of the molecule is Cc1ccc(C(C)C)cc1OC(=O)CCl. The van der Waals surface area contributed by atoms with Crippen LogP contribution in [0, 0.1) is 6.92 Å². The molecular weight excluding hydrogens is 212 g/mol. The van der Waals surface area contributed by atoms with Crippen molar-refractivity contribution in [1.29, 1.82) is 0 Å². The van der Waals surface area contributed by atoms with Crippen molar-refractivity contribution in [1.82, 2.24) is 0 Å². The van der Waals surface area contributed by atoms with E-state index in [9.17, 15) is 4.79 Å². The van der Waals surface area contributed by atoms with E-state index in [4.69, 9.17) is 16.3 Å². The number of aryl methyl sites for hydroxylation is 1. The molecule has 0 spiro atoms. The molecule has 0 aliphatic carbocycles. The van der Waals surface area contributed by atoms with Crippen LogP contribution in [0.4, 0.5) is 0 Å². The molecule has 0 saturated carbocycles. The molecule has 0 aromatic heterocycles. The lowest BCUT2D eigenvalue weighted by Crippen LogP contribution is -2.10. The lowest BCUT2D eigenvalue weighted by molar-refractivity contribution is -0.131. The first-order valence-corrected chi connectivity index (χ1v) is 5.45. The average Bonchev–Trinajstić information content (AvgIpc) is 2.20. The van der Waals surface area contributed by atoms with E-state index in [0.717, 1.165) is 11.1 Å². The Morgan fingerprint density at radius 3 is 2.67 bits per heavy atom. The summed E-state index contributed by atoms with van der Waals surface area (Å²) >= 11 is 5.38. The van der Waals surface area contributed by atoms with Crippen LogP contribution in [0.5, 0.6) is 5.75 Å². The number of carbonyl (C=O) groups excluding carboxylic acids is 1. The van der Waals surface area contributed by atoms with Crippen LogP contribution < -0.4 is 4.74 Å². The maximum Gasteiger partial charge on any atom is 0.326 e. The fourth-order valence-electron chi connectivity index (χ4n) is 1.24. The Labute approximate surface area is 95.2 Å². The van der Waals surface area contributed by atoms with E-state index in [-0.39, 0.29) is 5.88 Å². The van der Waals surface area contributed by atoms with Gasteiger partial charge in [-0.15, -0.1) is 11.6 Å². The Morgan fingerprint density at radius 1 is 1.47 bits per heavy atom. The molecule has 0 saturated heterocycles. The van der Waals surface area contributed by atoms with Gasteiger partial charge in [-0.1, -0.05) is 26.0 Å². The maximum atomic E-state index is 11.1. The molecular formula is C12H15ClO2. The minimum atomic E-state index is -0.416. The van der Waals surface area contributed by atoms with Crippen LogP contribution in [0.2, 0.25) is 0 Å².